The zero-order chi connectivity index (χ0) is 15.2. The van der Waals surface area contributed by atoms with E-state index in [-0.39, 0.29) is 18.0 Å². The van der Waals surface area contributed by atoms with Crippen molar-refractivity contribution < 1.29 is 4.79 Å². The van der Waals surface area contributed by atoms with E-state index in [0.29, 0.717) is 6.54 Å². The molecule has 1 aromatic rings. The maximum atomic E-state index is 12.1. The number of hydrogen-bond donors (Lipinski definition) is 2. The van der Waals surface area contributed by atoms with Gasteiger partial charge in [0.15, 0.2) is 0 Å². The Morgan fingerprint density at radius 1 is 1.38 bits per heavy atom. The smallest absolute Gasteiger partial charge is 0.237 e. The molecule has 4 nitrogen and oxygen atoms in total. The average Bonchev–Trinajstić information content (AvgIpc) is 3.02. The number of likely N-dealkylation sites (N-methyl/N-ethyl adjacent to an activating group) is 1. The fraction of sp³-hybridized carbons (Fsp3) is 0.588. The van der Waals surface area contributed by atoms with Crippen LogP contribution in [0, 0.1) is 0 Å². The van der Waals surface area contributed by atoms with Crippen LogP contribution >= 0.6 is 0 Å². The molecule has 0 aliphatic carbocycles. The maximum Gasteiger partial charge on any atom is 0.237 e. The highest BCUT2D eigenvalue weighted by atomic mass is 16.2. The molecule has 1 amide bonds. The van der Waals surface area contributed by atoms with E-state index < -0.39 is 0 Å². The molecule has 1 saturated heterocycles. The van der Waals surface area contributed by atoms with Gasteiger partial charge in [-0.05, 0) is 51.0 Å². The third-order valence-corrected chi connectivity index (χ3v) is 4.24. The molecule has 1 aliphatic rings. The van der Waals surface area contributed by atoms with Crippen LogP contribution in [-0.4, -0.2) is 44.0 Å². The van der Waals surface area contributed by atoms with Crippen molar-refractivity contribution in [1.29, 1.82) is 0 Å². The van der Waals surface area contributed by atoms with Crippen molar-refractivity contribution in [3.63, 3.8) is 0 Å². The first-order chi connectivity index (χ1) is 10.1. The number of benzene rings is 1. The fourth-order valence-electron chi connectivity index (χ4n) is 2.80. The van der Waals surface area contributed by atoms with Crippen molar-refractivity contribution in [3.05, 3.63) is 35.4 Å². The summed E-state index contributed by atoms with van der Waals surface area (Å²) in [6, 6.07) is 8.89. The Hall–Kier alpha value is -1.39. The van der Waals surface area contributed by atoms with E-state index in [4.69, 9.17) is 0 Å². The van der Waals surface area contributed by atoms with Crippen molar-refractivity contribution >= 4 is 5.91 Å². The van der Waals surface area contributed by atoms with E-state index in [1.165, 1.54) is 11.1 Å². The Morgan fingerprint density at radius 2 is 2.10 bits per heavy atom. The standard InChI is InChI=1S/C17H27N3O/c1-4-13-7-9-14(10-8-13)16(20(2)3)12-19-17(21)15-6-5-11-18-15/h7-10,15-16,18H,4-6,11-12H2,1-3H3,(H,19,21). The van der Waals surface area contributed by atoms with Gasteiger partial charge < -0.3 is 15.5 Å². The lowest BCUT2D eigenvalue weighted by Gasteiger charge is -2.26. The van der Waals surface area contributed by atoms with Crippen LogP contribution in [0.2, 0.25) is 0 Å². The molecule has 1 aliphatic heterocycles. The van der Waals surface area contributed by atoms with Gasteiger partial charge in [0.1, 0.15) is 0 Å². The monoisotopic (exact) mass is 289 g/mol. The van der Waals surface area contributed by atoms with E-state index in [1.807, 2.05) is 0 Å². The number of nitrogens with one attached hydrogen (secondary N) is 2. The first kappa shape index (κ1) is 16.0. The second-order valence-electron chi connectivity index (χ2n) is 5.97. The van der Waals surface area contributed by atoms with Gasteiger partial charge in [-0.25, -0.2) is 0 Å². The highest BCUT2D eigenvalue weighted by Crippen LogP contribution is 2.18. The van der Waals surface area contributed by atoms with E-state index in [2.05, 4.69) is 60.8 Å². The van der Waals surface area contributed by atoms with Gasteiger partial charge in [0.25, 0.3) is 0 Å². The Labute approximate surface area is 127 Å². The summed E-state index contributed by atoms with van der Waals surface area (Å²) in [4.78, 5) is 14.3. The highest BCUT2D eigenvalue weighted by Gasteiger charge is 2.23. The predicted molar refractivity (Wildman–Crippen MR) is 86.3 cm³/mol. The molecule has 21 heavy (non-hydrogen) atoms. The highest BCUT2D eigenvalue weighted by molar-refractivity contribution is 5.82. The minimum absolute atomic E-state index is 0.00437. The molecule has 4 heteroatoms. The fourth-order valence-corrected chi connectivity index (χ4v) is 2.80. The second kappa shape index (κ2) is 7.57. The maximum absolute atomic E-state index is 12.1. The number of rotatable bonds is 6. The van der Waals surface area contributed by atoms with Gasteiger partial charge in [-0.15, -0.1) is 0 Å². The zero-order valence-electron chi connectivity index (χ0n) is 13.4. The Balaban J connectivity index is 1.96. The molecule has 0 bridgehead atoms. The first-order valence-electron chi connectivity index (χ1n) is 7.88. The van der Waals surface area contributed by atoms with Crippen LogP contribution in [0.5, 0.6) is 0 Å². The lowest BCUT2D eigenvalue weighted by molar-refractivity contribution is -0.123. The summed E-state index contributed by atoms with van der Waals surface area (Å²) in [5, 5.41) is 6.33. The van der Waals surface area contributed by atoms with Crippen molar-refractivity contribution in [2.24, 2.45) is 0 Å². The third-order valence-electron chi connectivity index (χ3n) is 4.24. The lowest BCUT2D eigenvalue weighted by atomic mass is 10.0. The largest absolute Gasteiger partial charge is 0.353 e. The topological polar surface area (TPSA) is 44.4 Å². The summed E-state index contributed by atoms with van der Waals surface area (Å²) in [7, 11) is 4.11. The van der Waals surface area contributed by atoms with Crippen LogP contribution in [0.3, 0.4) is 0 Å². The molecule has 2 unspecified atom stereocenters. The van der Waals surface area contributed by atoms with Gasteiger partial charge in [-0.1, -0.05) is 31.2 Å². The van der Waals surface area contributed by atoms with E-state index in [9.17, 15) is 4.79 Å². The molecule has 2 N–H and O–H groups in total. The van der Waals surface area contributed by atoms with Crippen LogP contribution in [-0.2, 0) is 11.2 Å². The third kappa shape index (κ3) is 4.29. The Bertz CT molecular complexity index is 450. The van der Waals surface area contributed by atoms with E-state index in [1.54, 1.807) is 0 Å². The van der Waals surface area contributed by atoms with Crippen molar-refractivity contribution in [3.8, 4) is 0 Å². The van der Waals surface area contributed by atoms with Crippen LogP contribution in [0.25, 0.3) is 0 Å². The molecule has 116 valence electrons. The second-order valence-corrected chi connectivity index (χ2v) is 5.97. The summed E-state index contributed by atoms with van der Waals surface area (Å²) in [5.74, 6) is 0.129. The summed E-state index contributed by atoms with van der Waals surface area (Å²) in [6.45, 7) is 3.76. The number of carbonyl (C=O) groups is 1. The number of aryl methyl sites for hydroxylation is 1. The lowest BCUT2D eigenvalue weighted by Crippen LogP contribution is -2.43. The normalized spacial score (nSPS) is 19.7. The molecule has 1 fully saturated rings. The van der Waals surface area contributed by atoms with Crippen molar-refractivity contribution in [2.75, 3.05) is 27.2 Å². The number of amides is 1. The van der Waals surface area contributed by atoms with Crippen LogP contribution in [0.15, 0.2) is 24.3 Å². The quantitative estimate of drug-likeness (QED) is 0.838. The van der Waals surface area contributed by atoms with Crippen molar-refractivity contribution in [1.82, 2.24) is 15.5 Å². The molecule has 0 saturated carbocycles. The number of nitrogens with zero attached hydrogens (tertiary/aromatic N) is 1. The molecule has 2 atom stereocenters. The Kier molecular flexibility index (Phi) is 5.76. The molecular formula is C17H27N3O. The van der Waals surface area contributed by atoms with Gasteiger partial charge in [-0.2, -0.15) is 0 Å². The van der Waals surface area contributed by atoms with Gasteiger partial charge in [0, 0.05) is 6.54 Å². The molecule has 0 spiro atoms. The average molecular weight is 289 g/mol. The molecule has 1 aromatic carbocycles. The Morgan fingerprint density at radius 3 is 2.62 bits per heavy atom. The van der Waals surface area contributed by atoms with Gasteiger partial charge in [0.2, 0.25) is 5.91 Å². The van der Waals surface area contributed by atoms with Gasteiger partial charge in [-0.3, -0.25) is 4.79 Å². The summed E-state index contributed by atoms with van der Waals surface area (Å²) >= 11 is 0. The van der Waals surface area contributed by atoms with Crippen LogP contribution in [0.4, 0.5) is 0 Å². The molecule has 0 radical (unpaired) electrons. The molecule has 0 aromatic heterocycles. The van der Waals surface area contributed by atoms with Crippen LogP contribution in [0.1, 0.15) is 36.9 Å². The van der Waals surface area contributed by atoms with Crippen LogP contribution < -0.4 is 10.6 Å². The first-order valence-corrected chi connectivity index (χ1v) is 7.88. The number of hydrogen-bond acceptors (Lipinski definition) is 3. The van der Waals surface area contributed by atoms with Crippen molar-refractivity contribution in [2.45, 2.75) is 38.3 Å². The van der Waals surface area contributed by atoms with Gasteiger partial charge in [0.05, 0.1) is 12.1 Å². The van der Waals surface area contributed by atoms with E-state index in [0.717, 1.165) is 25.8 Å². The minimum Gasteiger partial charge on any atom is -0.353 e. The zero-order valence-corrected chi connectivity index (χ0v) is 13.4. The number of carbonyl (C=O) groups excluding carboxylic acids is 1. The summed E-state index contributed by atoms with van der Waals surface area (Å²) in [5.41, 5.74) is 2.59. The SMILES string of the molecule is CCc1ccc(C(CNC(=O)C2CCCN2)N(C)C)cc1. The summed E-state index contributed by atoms with van der Waals surface area (Å²) in [6.07, 6.45) is 3.09. The minimum atomic E-state index is -0.00437. The van der Waals surface area contributed by atoms with E-state index >= 15 is 0 Å². The molecule has 2 rings (SSSR count). The summed E-state index contributed by atoms with van der Waals surface area (Å²) < 4.78 is 0. The van der Waals surface area contributed by atoms with Gasteiger partial charge >= 0.3 is 0 Å². The molecule has 1 heterocycles. The molecular weight excluding hydrogens is 262 g/mol. The predicted octanol–water partition coefficient (Wildman–Crippen LogP) is 1.72.